The van der Waals surface area contributed by atoms with E-state index in [0.29, 0.717) is 17.3 Å². The number of benzene rings is 2. The smallest absolute Gasteiger partial charge is 0.254 e. The lowest BCUT2D eigenvalue weighted by molar-refractivity contribution is 0.0673. The number of amides is 1. The van der Waals surface area contributed by atoms with Crippen LogP contribution in [0.5, 0.6) is 0 Å². The van der Waals surface area contributed by atoms with Gasteiger partial charge in [0.05, 0.1) is 0 Å². The Hall–Kier alpha value is -3.02. The molecule has 1 amide bonds. The van der Waals surface area contributed by atoms with Gasteiger partial charge in [0, 0.05) is 30.1 Å². The van der Waals surface area contributed by atoms with Crippen molar-refractivity contribution < 1.29 is 13.7 Å². The maximum absolute atomic E-state index is 13.2. The van der Waals surface area contributed by atoms with Crippen molar-refractivity contribution in [2.24, 2.45) is 0 Å². The van der Waals surface area contributed by atoms with Crippen molar-refractivity contribution in [3.8, 4) is 11.4 Å². The van der Waals surface area contributed by atoms with E-state index in [9.17, 15) is 9.18 Å². The normalized spacial score (nSPS) is 18.9. The third-order valence-corrected chi connectivity index (χ3v) is 5.62. The number of likely N-dealkylation sites (tertiary alicyclic amines) is 1. The molecule has 0 saturated carbocycles. The Morgan fingerprint density at radius 1 is 1.14 bits per heavy atom. The highest BCUT2D eigenvalue weighted by Crippen LogP contribution is 2.29. The molecule has 1 aromatic heterocycles. The summed E-state index contributed by atoms with van der Waals surface area (Å²) < 4.78 is 18.1. The first-order valence-corrected chi connectivity index (χ1v) is 9.99. The van der Waals surface area contributed by atoms with Crippen LogP contribution in [0, 0.1) is 12.7 Å². The Balaban J connectivity index is 1.46. The second kappa shape index (κ2) is 8.15. The van der Waals surface area contributed by atoms with Crippen LogP contribution in [0.15, 0.2) is 53.1 Å². The molecule has 0 bridgehead atoms. The lowest BCUT2D eigenvalue weighted by Gasteiger charge is -2.29. The Kier molecular flexibility index (Phi) is 5.43. The van der Waals surface area contributed by atoms with Gasteiger partial charge in [0.15, 0.2) is 0 Å². The van der Waals surface area contributed by atoms with Gasteiger partial charge in [0.25, 0.3) is 5.91 Å². The molecule has 0 N–H and O–H groups in total. The second-order valence-electron chi connectivity index (χ2n) is 7.67. The zero-order chi connectivity index (χ0) is 20.4. The minimum Gasteiger partial charge on any atom is -0.339 e. The number of hydrogen-bond donors (Lipinski definition) is 0. The highest BCUT2D eigenvalue weighted by molar-refractivity contribution is 5.95. The fourth-order valence-electron chi connectivity index (χ4n) is 4.03. The average molecular weight is 393 g/mol. The number of carbonyl (C=O) groups excluding carboxylic acids is 1. The molecule has 0 radical (unpaired) electrons. The lowest BCUT2D eigenvalue weighted by atomic mass is 10.0. The minimum absolute atomic E-state index is 0.0509. The van der Waals surface area contributed by atoms with E-state index in [2.05, 4.69) is 17.1 Å². The number of hydrogen-bond acceptors (Lipinski definition) is 4. The van der Waals surface area contributed by atoms with E-state index in [4.69, 9.17) is 4.52 Å². The molecule has 2 atom stereocenters. The predicted molar refractivity (Wildman–Crippen MR) is 108 cm³/mol. The van der Waals surface area contributed by atoms with Crippen molar-refractivity contribution in [2.75, 3.05) is 0 Å². The first-order chi connectivity index (χ1) is 14.0. The molecule has 1 aliphatic heterocycles. The minimum atomic E-state index is -0.223. The van der Waals surface area contributed by atoms with Crippen LogP contribution < -0.4 is 0 Å². The van der Waals surface area contributed by atoms with Gasteiger partial charge >= 0.3 is 0 Å². The predicted octanol–water partition coefficient (Wildman–Crippen LogP) is 4.81. The zero-order valence-corrected chi connectivity index (χ0v) is 16.6. The molecule has 3 aromatic rings. The maximum atomic E-state index is 13.2. The molecule has 150 valence electrons. The number of aryl methyl sites for hydroxylation is 2. The summed E-state index contributed by atoms with van der Waals surface area (Å²) in [5.74, 6) is 0.859. The highest BCUT2D eigenvalue weighted by atomic mass is 19.1. The molecule has 1 aliphatic rings. The van der Waals surface area contributed by atoms with Crippen molar-refractivity contribution in [1.29, 1.82) is 0 Å². The Bertz CT molecular complexity index is 982. The van der Waals surface area contributed by atoms with Crippen LogP contribution in [-0.2, 0) is 6.42 Å². The van der Waals surface area contributed by atoms with Gasteiger partial charge < -0.3 is 9.42 Å². The summed E-state index contributed by atoms with van der Waals surface area (Å²) in [4.78, 5) is 19.4. The van der Waals surface area contributed by atoms with Gasteiger partial charge in [-0.25, -0.2) is 4.39 Å². The van der Waals surface area contributed by atoms with E-state index in [1.54, 1.807) is 6.92 Å². The Morgan fingerprint density at radius 3 is 2.52 bits per heavy atom. The quantitative estimate of drug-likeness (QED) is 0.624. The van der Waals surface area contributed by atoms with Gasteiger partial charge in [-0.05, 0) is 62.4 Å². The summed E-state index contributed by atoms with van der Waals surface area (Å²) in [7, 11) is 0. The van der Waals surface area contributed by atoms with Crippen molar-refractivity contribution in [2.45, 2.75) is 51.6 Å². The van der Waals surface area contributed by atoms with Crippen LogP contribution in [0.1, 0.15) is 48.0 Å². The van der Waals surface area contributed by atoms with E-state index in [1.807, 2.05) is 41.3 Å². The average Bonchev–Trinajstić information content (AvgIpc) is 3.33. The van der Waals surface area contributed by atoms with E-state index in [0.717, 1.165) is 36.8 Å². The van der Waals surface area contributed by atoms with Gasteiger partial charge in [0.2, 0.25) is 11.7 Å². The van der Waals surface area contributed by atoms with Crippen molar-refractivity contribution in [3.05, 3.63) is 71.4 Å². The summed E-state index contributed by atoms with van der Waals surface area (Å²) in [5.41, 5.74) is 2.58. The molecule has 0 unspecified atom stereocenters. The highest BCUT2D eigenvalue weighted by Gasteiger charge is 2.34. The van der Waals surface area contributed by atoms with Crippen LogP contribution in [0.3, 0.4) is 0 Å². The van der Waals surface area contributed by atoms with Crippen molar-refractivity contribution in [3.63, 3.8) is 0 Å². The summed E-state index contributed by atoms with van der Waals surface area (Å²) in [6.45, 7) is 3.85. The van der Waals surface area contributed by atoms with Gasteiger partial charge in [-0.2, -0.15) is 4.98 Å². The van der Waals surface area contributed by atoms with Gasteiger partial charge in [0.1, 0.15) is 5.82 Å². The summed E-state index contributed by atoms with van der Waals surface area (Å²) in [6, 6.07) is 14.4. The molecule has 1 saturated heterocycles. The van der Waals surface area contributed by atoms with Crippen LogP contribution in [0.4, 0.5) is 4.39 Å². The van der Waals surface area contributed by atoms with E-state index in [-0.39, 0.29) is 23.8 Å². The molecule has 2 aromatic carbocycles. The SMILES string of the molecule is Cc1nc(-c2ccc(C(=O)N3[C@@H](CCc4ccc(F)cc4)CC[C@H]3C)cc2)no1. The summed E-state index contributed by atoms with van der Waals surface area (Å²) in [6.07, 6.45) is 3.70. The molecule has 6 heteroatoms. The molecule has 5 nitrogen and oxygen atoms in total. The first kappa shape index (κ1) is 19.3. The van der Waals surface area contributed by atoms with Crippen LogP contribution >= 0.6 is 0 Å². The van der Waals surface area contributed by atoms with Gasteiger partial charge in [-0.15, -0.1) is 0 Å². The molecule has 29 heavy (non-hydrogen) atoms. The molecular weight excluding hydrogens is 369 g/mol. The number of carbonyl (C=O) groups is 1. The molecule has 0 aliphatic carbocycles. The van der Waals surface area contributed by atoms with Crippen molar-refractivity contribution >= 4 is 5.91 Å². The summed E-state index contributed by atoms with van der Waals surface area (Å²) in [5, 5.41) is 3.92. The van der Waals surface area contributed by atoms with E-state index in [1.165, 1.54) is 12.1 Å². The van der Waals surface area contributed by atoms with E-state index >= 15 is 0 Å². The standard InChI is InChI=1S/C23H24FN3O2/c1-15-3-13-21(14-6-17-4-11-20(24)12-5-17)27(15)23(28)19-9-7-18(8-10-19)22-25-16(2)29-26-22/h4-5,7-12,15,21H,3,6,13-14H2,1-2H3/t15-,21-/m1/s1. The van der Waals surface area contributed by atoms with Crippen LogP contribution in [0.2, 0.25) is 0 Å². The third-order valence-electron chi connectivity index (χ3n) is 5.62. The third kappa shape index (κ3) is 4.21. The Labute approximate surface area is 169 Å². The molecule has 4 rings (SSSR count). The number of halogens is 1. The lowest BCUT2D eigenvalue weighted by Crippen LogP contribution is -2.40. The molecular formula is C23H24FN3O2. The largest absolute Gasteiger partial charge is 0.339 e. The fourth-order valence-corrected chi connectivity index (χ4v) is 4.03. The monoisotopic (exact) mass is 393 g/mol. The molecule has 0 spiro atoms. The summed E-state index contributed by atoms with van der Waals surface area (Å²) >= 11 is 0. The Morgan fingerprint density at radius 2 is 1.86 bits per heavy atom. The fraction of sp³-hybridized carbons (Fsp3) is 0.348. The topological polar surface area (TPSA) is 59.2 Å². The zero-order valence-electron chi connectivity index (χ0n) is 16.6. The van der Waals surface area contributed by atoms with Crippen molar-refractivity contribution in [1.82, 2.24) is 15.0 Å². The van der Waals surface area contributed by atoms with Gasteiger partial charge in [-0.3, -0.25) is 4.79 Å². The van der Waals surface area contributed by atoms with E-state index < -0.39 is 0 Å². The number of aromatic nitrogens is 2. The number of nitrogens with zero attached hydrogens (tertiary/aromatic N) is 3. The maximum Gasteiger partial charge on any atom is 0.254 e. The molecule has 2 heterocycles. The molecule has 1 fully saturated rings. The second-order valence-corrected chi connectivity index (χ2v) is 7.67. The number of rotatable bonds is 5. The van der Waals surface area contributed by atoms with Gasteiger partial charge in [-0.1, -0.05) is 29.4 Å². The van der Waals surface area contributed by atoms with Crippen LogP contribution in [0.25, 0.3) is 11.4 Å². The van der Waals surface area contributed by atoms with Crippen LogP contribution in [-0.4, -0.2) is 33.0 Å². The first-order valence-electron chi connectivity index (χ1n) is 9.99.